The smallest absolute Gasteiger partial charge is 0.314 e. The molecule has 1 aromatic carbocycles. The Labute approximate surface area is 153 Å². The normalized spacial score (nSPS) is 22.7. The number of carbonyl (C=O) groups excluding carboxylic acids is 2. The maximum Gasteiger partial charge on any atom is 0.314 e. The molecule has 4 N–H and O–H groups in total. The number of primary amides is 1. The fraction of sp³-hybridized carbons (Fsp3) is 0.600. The van der Waals surface area contributed by atoms with E-state index in [4.69, 9.17) is 5.73 Å². The minimum Gasteiger partial charge on any atom is -0.366 e. The zero-order valence-electron chi connectivity index (χ0n) is 15.1. The number of rotatable bonds is 7. The van der Waals surface area contributed by atoms with Crippen LogP contribution >= 0.6 is 0 Å². The molecule has 26 heavy (non-hydrogen) atoms. The summed E-state index contributed by atoms with van der Waals surface area (Å²) in [6, 6.07) is 4.12. The lowest BCUT2D eigenvalue weighted by Gasteiger charge is -2.29. The molecule has 0 aromatic heterocycles. The van der Waals surface area contributed by atoms with E-state index in [2.05, 4.69) is 10.6 Å². The molecule has 0 atom stereocenters. The van der Waals surface area contributed by atoms with E-state index in [0.717, 1.165) is 32.2 Å². The van der Waals surface area contributed by atoms with E-state index in [0.29, 0.717) is 41.8 Å². The van der Waals surface area contributed by atoms with Gasteiger partial charge in [0.2, 0.25) is 5.91 Å². The number of halogens is 1. The Morgan fingerprint density at radius 2 is 1.50 bits per heavy atom. The molecule has 0 bridgehead atoms. The highest BCUT2D eigenvalue weighted by Gasteiger charge is 2.24. The van der Waals surface area contributed by atoms with Crippen LogP contribution in [0, 0.1) is 23.6 Å². The minimum absolute atomic E-state index is 0.0649. The number of hydrogen-bond donors (Lipinski definition) is 3. The lowest BCUT2D eigenvalue weighted by Crippen LogP contribution is -2.39. The third-order valence-electron chi connectivity index (χ3n) is 5.61. The molecule has 5 nitrogen and oxygen atoms in total. The third-order valence-corrected chi connectivity index (χ3v) is 5.61. The number of carbonyl (C=O) groups is 2. The van der Waals surface area contributed by atoms with Crippen molar-refractivity contribution in [3.05, 3.63) is 35.1 Å². The van der Waals surface area contributed by atoms with Gasteiger partial charge in [0, 0.05) is 18.7 Å². The summed E-state index contributed by atoms with van der Waals surface area (Å²) in [4.78, 5) is 23.3. The highest BCUT2D eigenvalue weighted by Crippen LogP contribution is 2.31. The van der Waals surface area contributed by atoms with Crippen LogP contribution in [0.25, 0.3) is 0 Å². The molecule has 3 rings (SSSR count). The average molecular weight is 361 g/mol. The van der Waals surface area contributed by atoms with Gasteiger partial charge in [-0.2, -0.15) is 0 Å². The first-order valence-corrected chi connectivity index (χ1v) is 9.61. The molecule has 0 saturated heterocycles. The summed E-state index contributed by atoms with van der Waals surface area (Å²) in [6.07, 6.45) is 7.25. The molecule has 2 fully saturated rings. The quantitative estimate of drug-likeness (QED) is 0.697. The maximum absolute atomic E-state index is 13.5. The van der Waals surface area contributed by atoms with Crippen molar-refractivity contribution in [2.75, 3.05) is 13.1 Å². The molecule has 3 amide bonds. The molecule has 2 saturated carbocycles. The van der Waals surface area contributed by atoms with Crippen molar-refractivity contribution in [3.8, 4) is 0 Å². The molecule has 2 aliphatic carbocycles. The van der Waals surface area contributed by atoms with Crippen molar-refractivity contribution in [1.29, 1.82) is 0 Å². The van der Waals surface area contributed by atoms with Crippen molar-refractivity contribution >= 4 is 11.9 Å². The molecule has 0 heterocycles. The molecule has 0 aliphatic heterocycles. The topological polar surface area (TPSA) is 84.2 Å². The van der Waals surface area contributed by atoms with Gasteiger partial charge in [-0.15, -0.1) is 0 Å². The predicted octanol–water partition coefficient (Wildman–Crippen LogP) is 2.98. The summed E-state index contributed by atoms with van der Waals surface area (Å²) in [5.41, 5.74) is 6.53. The van der Waals surface area contributed by atoms with E-state index in [1.165, 1.54) is 31.0 Å². The van der Waals surface area contributed by atoms with E-state index >= 15 is 0 Å². The summed E-state index contributed by atoms with van der Waals surface area (Å²) in [7, 11) is 0. The summed E-state index contributed by atoms with van der Waals surface area (Å²) in [5.74, 6) is 0.760. The number of hydrogen-bond acceptors (Lipinski definition) is 2. The molecular weight excluding hydrogens is 333 g/mol. The molecule has 1 aromatic rings. The first kappa shape index (κ1) is 18.7. The van der Waals surface area contributed by atoms with Gasteiger partial charge in [0.1, 0.15) is 5.82 Å². The second-order valence-electron chi connectivity index (χ2n) is 7.79. The van der Waals surface area contributed by atoms with Gasteiger partial charge in [0.15, 0.2) is 0 Å². The van der Waals surface area contributed by atoms with E-state index in [1.807, 2.05) is 0 Å². The summed E-state index contributed by atoms with van der Waals surface area (Å²) >= 11 is 0. The molecule has 0 spiro atoms. The van der Waals surface area contributed by atoms with Crippen LogP contribution < -0.4 is 16.4 Å². The summed E-state index contributed by atoms with van der Waals surface area (Å²) in [5, 5.41) is 5.89. The van der Waals surface area contributed by atoms with Gasteiger partial charge in [-0.1, -0.05) is 0 Å². The highest BCUT2D eigenvalue weighted by molar-refractivity contribution is 5.94. The van der Waals surface area contributed by atoms with Gasteiger partial charge in [0.25, 0.3) is 0 Å². The van der Waals surface area contributed by atoms with Crippen molar-refractivity contribution in [1.82, 2.24) is 10.6 Å². The van der Waals surface area contributed by atoms with Gasteiger partial charge in [-0.3, -0.25) is 4.79 Å². The Hall–Kier alpha value is -2.11. The number of benzene rings is 1. The predicted molar refractivity (Wildman–Crippen MR) is 98.2 cm³/mol. The van der Waals surface area contributed by atoms with Gasteiger partial charge in [0.05, 0.1) is 0 Å². The molecule has 0 radical (unpaired) electrons. The van der Waals surface area contributed by atoms with E-state index in [1.54, 1.807) is 0 Å². The molecule has 142 valence electrons. The average Bonchev–Trinajstić information content (AvgIpc) is 3.43. The van der Waals surface area contributed by atoms with E-state index < -0.39 is 5.91 Å². The second kappa shape index (κ2) is 8.52. The van der Waals surface area contributed by atoms with Crippen LogP contribution in [0.2, 0.25) is 0 Å². The fourth-order valence-electron chi connectivity index (χ4n) is 3.78. The largest absolute Gasteiger partial charge is 0.366 e. The van der Waals surface area contributed by atoms with Gasteiger partial charge >= 0.3 is 6.03 Å². The lowest BCUT2D eigenvalue weighted by molar-refractivity contribution is 0.0999. The Bertz CT molecular complexity index is 652. The second-order valence-corrected chi connectivity index (χ2v) is 7.79. The Morgan fingerprint density at radius 1 is 0.962 bits per heavy atom. The van der Waals surface area contributed by atoms with Gasteiger partial charge in [-0.25, -0.2) is 9.18 Å². The van der Waals surface area contributed by atoms with Crippen molar-refractivity contribution in [2.24, 2.45) is 23.5 Å². The maximum atomic E-state index is 13.5. The zero-order chi connectivity index (χ0) is 18.5. The standard InChI is InChI=1S/C20H28FN3O2/c21-17-7-8-18(19(22)25)16(10-17)9-13-1-3-14(4-2-13)11-23-20(26)24-12-15-5-6-15/h7-8,10,13-15H,1-6,9,11-12H2,(H2,22,25)(H2,23,24,26). The van der Waals surface area contributed by atoms with E-state index in [-0.39, 0.29) is 11.8 Å². The monoisotopic (exact) mass is 361 g/mol. The number of urea groups is 1. The third kappa shape index (κ3) is 5.44. The SMILES string of the molecule is NC(=O)c1ccc(F)cc1CC1CCC(CNC(=O)NCC2CC2)CC1. The van der Waals surface area contributed by atoms with Crippen LogP contribution in [0.3, 0.4) is 0 Å². The van der Waals surface area contributed by atoms with Crippen molar-refractivity contribution in [2.45, 2.75) is 44.9 Å². The molecule has 2 aliphatic rings. The van der Waals surface area contributed by atoms with E-state index in [9.17, 15) is 14.0 Å². The van der Waals surface area contributed by atoms with Gasteiger partial charge in [-0.05, 0) is 86.5 Å². The molecule has 0 unspecified atom stereocenters. The lowest BCUT2D eigenvalue weighted by atomic mass is 9.78. The van der Waals surface area contributed by atoms with Crippen LogP contribution in [-0.2, 0) is 6.42 Å². The highest BCUT2D eigenvalue weighted by atomic mass is 19.1. The number of nitrogens with two attached hydrogens (primary N) is 1. The minimum atomic E-state index is -0.505. The number of amides is 3. The van der Waals surface area contributed by atoms with Crippen LogP contribution in [-0.4, -0.2) is 25.0 Å². The van der Waals surface area contributed by atoms with Crippen molar-refractivity contribution in [3.63, 3.8) is 0 Å². The Kier molecular flexibility index (Phi) is 6.12. The van der Waals surface area contributed by atoms with Crippen molar-refractivity contribution < 1.29 is 14.0 Å². The number of nitrogens with one attached hydrogen (secondary N) is 2. The van der Waals surface area contributed by atoms with Gasteiger partial charge < -0.3 is 16.4 Å². The van der Waals surface area contributed by atoms with Crippen LogP contribution in [0.4, 0.5) is 9.18 Å². The van der Waals surface area contributed by atoms with Crippen LogP contribution in [0.5, 0.6) is 0 Å². The summed E-state index contributed by atoms with van der Waals surface area (Å²) in [6.45, 7) is 1.49. The molecule has 6 heteroatoms. The molecular formula is C20H28FN3O2. The first-order valence-electron chi connectivity index (χ1n) is 9.61. The first-order chi connectivity index (χ1) is 12.5. The Balaban J connectivity index is 1.41. The van der Waals surface area contributed by atoms with Crippen LogP contribution in [0.1, 0.15) is 54.4 Å². The zero-order valence-corrected chi connectivity index (χ0v) is 15.1. The van der Waals surface area contributed by atoms with Crippen LogP contribution in [0.15, 0.2) is 18.2 Å². The Morgan fingerprint density at radius 3 is 2.04 bits per heavy atom. The fourth-order valence-corrected chi connectivity index (χ4v) is 3.78. The summed E-state index contributed by atoms with van der Waals surface area (Å²) < 4.78 is 13.5.